The highest BCUT2D eigenvalue weighted by atomic mass is 16.1. The van der Waals surface area contributed by atoms with Crippen molar-refractivity contribution in [3.8, 4) is 0 Å². The van der Waals surface area contributed by atoms with Crippen molar-refractivity contribution in [2.45, 2.75) is 5.41 Å². The van der Waals surface area contributed by atoms with Crippen molar-refractivity contribution in [3.05, 3.63) is 96.2 Å². The number of pyridine rings is 1. The van der Waals surface area contributed by atoms with Crippen molar-refractivity contribution in [1.29, 1.82) is 0 Å². The van der Waals surface area contributed by atoms with Crippen LogP contribution in [0, 0.1) is 0 Å². The van der Waals surface area contributed by atoms with E-state index in [4.69, 9.17) is 5.73 Å². The van der Waals surface area contributed by atoms with Gasteiger partial charge in [0, 0.05) is 24.7 Å². The van der Waals surface area contributed by atoms with Crippen LogP contribution in [-0.4, -0.2) is 25.5 Å². The van der Waals surface area contributed by atoms with E-state index in [1.54, 1.807) is 47.5 Å². The van der Waals surface area contributed by atoms with Gasteiger partial charge in [0.05, 0.1) is 11.9 Å². The second-order valence-corrected chi connectivity index (χ2v) is 5.65. The van der Waals surface area contributed by atoms with E-state index in [2.05, 4.69) is 15.1 Å². The minimum Gasteiger partial charge on any atom is -0.368 e. The van der Waals surface area contributed by atoms with Gasteiger partial charge >= 0.3 is 0 Å². The maximum Gasteiger partial charge on any atom is 0.238 e. The topological polar surface area (TPSA) is 86.2 Å². The molecule has 25 heavy (non-hydrogen) atoms. The number of amides is 1. The molecule has 0 saturated carbocycles. The predicted molar refractivity (Wildman–Crippen MR) is 92.7 cm³/mol. The van der Waals surface area contributed by atoms with Crippen LogP contribution in [0.25, 0.3) is 5.65 Å². The van der Waals surface area contributed by atoms with Crippen LogP contribution >= 0.6 is 0 Å². The highest BCUT2D eigenvalue weighted by molar-refractivity contribution is 5.94. The van der Waals surface area contributed by atoms with Crippen LogP contribution in [0.4, 0.5) is 0 Å². The number of aromatic nitrogens is 4. The lowest BCUT2D eigenvalue weighted by molar-refractivity contribution is -0.121. The third kappa shape index (κ3) is 2.19. The Labute approximate surface area is 144 Å². The fraction of sp³-hybridized carbons (Fsp3) is 0.0526. The molecule has 6 heteroatoms. The number of hydrogen-bond acceptors (Lipinski definition) is 4. The van der Waals surface area contributed by atoms with Gasteiger partial charge in [-0.05, 0) is 23.3 Å². The number of fused-ring (bicyclic) bond motifs is 1. The summed E-state index contributed by atoms with van der Waals surface area (Å²) in [6, 6.07) is 16.6. The standard InChI is InChI=1S/C19H15N5O/c20-18(25)19(14-5-2-1-3-6-14,15-7-4-10-21-13-15)16-8-11-22-17-9-12-23-24(16)17/h1-13H,(H2,20,25). The molecule has 0 aliphatic heterocycles. The molecule has 0 fully saturated rings. The Kier molecular flexibility index (Phi) is 3.50. The van der Waals surface area contributed by atoms with Gasteiger partial charge in [0.1, 0.15) is 5.41 Å². The van der Waals surface area contributed by atoms with E-state index in [0.29, 0.717) is 16.9 Å². The summed E-state index contributed by atoms with van der Waals surface area (Å²) in [6.07, 6.45) is 6.62. The Morgan fingerprint density at radius 2 is 1.72 bits per heavy atom. The van der Waals surface area contributed by atoms with E-state index >= 15 is 0 Å². The van der Waals surface area contributed by atoms with Gasteiger partial charge in [0.15, 0.2) is 5.65 Å². The second kappa shape index (κ2) is 5.83. The molecular weight excluding hydrogens is 314 g/mol. The zero-order valence-electron chi connectivity index (χ0n) is 13.3. The van der Waals surface area contributed by atoms with Crippen molar-refractivity contribution in [2.75, 3.05) is 0 Å². The summed E-state index contributed by atoms with van der Waals surface area (Å²) in [5.41, 5.74) is 7.45. The summed E-state index contributed by atoms with van der Waals surface area (Å²) in [6.45, 7) is 0. The number of carbonyl (C=O) groups is 1. The van der Waals surface area contributed by atoms with Crippen LogP contribution in [0.1, 0.15) is 16.8 Å². The maximum absolute atomic E-state index is 12.9. The van der Waals surface area contributed by atoms with Gasteiger partial charge in [0.25, 0.3) is 0 Å². The molecule has 0 aliphatic rings. The van der Waals surface area contributed by atoms with Crippen LogP contribution in [0.5, 0.6) is 0 Å². The van der Waals surface area contributed by atoms with Gasteiger partial charge in [0.2, 0.25) is 5.91 Å². The molecule has 4 aromatic rings. The Hall–Kier alpha value is -3.54. The summed E-state index contributed by atoms with van der Waals surface area (Å²) >= 11 is 0. The molecule has 0 spiro atoms. The van der Waals surface area contributed by atoms with Crippen LogP contribution in [0.3, 0.4) is 0 Å². The van der Waals surface area contributed by atoms with Gasteiger partial charge in [-0.3, -0.25) is 9.78 Å². The number of primary amides is 1. The van der Waals surface area contributed by atoms with Crippen molar-refractivity contribution in [1.82, 2.24) is 19.6 Å². The molecule has 1 unspecified atom stereocenters. The highest BCUT2D eigenvalue weighted by Crippen LogP contribution is 2.38. The minimum absolute atomic E-state index is 0.505. The van der Waals surface area contributed by atoms with Gasteiger partial charge < -0.3 is 5.73 Å². The lowest BCUT2D eigenvalue weighted by Gasteiger charge is -2.32. The number of rotatable bonds is 4. The molecule has 2 N–H and O–H groups in total. The minimum atomic E-state index is -1.23. The lowest BCUT2D eigenvalue weighted by Crippen LogP contribution is -2.45. The number of hydrogen-bond donors (Lipinski definition) is 1. The molecule has 0 aliphatic carbocycles. The molecule has 122 valence electrons. The average Bonchev–Trinajstić information content (AvgIpc) is 3.13. The number of benzene rings is 1. The lowest BCUT2D eigenvalue weighted by atomic mass is 9.71. The molecule has 0 radical (unpaired) electrons. The molecule has 3 heterocycles. The molecule has 1 amide bonds. The normalized spacial score (nSPS) is 13.4. The largest absolute Gasteiger partial charge is 0.368 e. The Morgan fingerprint density at radius 1 is 0.920 bits per heavy atom. The van der Waals surface area contributed by atoms with Crippen molar-refractivity contribution < 1.29 is 4.79 Å². The quantitative estimate of drug-likeness (QED) is 0.620. The molecule has 1 aromatic carbocycles. The predicted octanol–water partition coefficient (Wildman–Crippen LogP) is 1.94. The monoisotopic (exact) mass is 329 g/mol. The first-order valence-corrected chi connectivity index (χ1v) is 7.80. The van der Waals surface area contributed by atoms with Crippen molar-refractivity contribution in [3.63, 3.8) is 0 Å². The molecule has 4 rings (SSSR count). The van der Waals surface area contributed by atoms with E-state index in [0.717, 1.165) is 5.56 Å². The summed E-state index contributed by atoms with van der Waals surface area (Å²) in [7, 11) is 0. The Bertz CT molecular complexity index is 988. The molecule has 6 nitrogen and oxygen atoms in total. The summed E-state index contributed by atoms with van der Waals surface area (Å²) in [4.78, 5) is 21.4. The van der Waals surface area contributed by atoms with E-state index in [1.807, 2.05) is 36.4 Å². The first kappa shape index (κ1) is 15.0. The molecule has 1 atom stereocenters. The smallest absolute Gasteiger partial charge is 0.238 e. The fourth-order valence-electron chi connectivity index (χ4n) is 3.26. The van der Waals surface area contributed by atoms with Crippen molar-refractivity contribution >= 4 is 11.6 Å². The summed E-state index contributed by atoms with van der Waals surface area (Å²) < 4.78 is 1.64. The molecular formula is C19H15N5O. The van der Waals surface area contributed by atoms with E-state index in [-0.39, 0.29) is 0 Å². The summed E-state index contributed by atoms with van der Waals surface area (Å²) in [5.74, 6) is -0.505. The van der Waals surface area contributed by atoms with Crippen LogP contribution in [0.15, 0.2) is 79.4 Å². The second-order valence-electron chi connectivity index (χ2n) is 5.65. The zero-order chi connectivity index (χ0) is 17.3. The molecule has 0 bridgehead atoms. The first-order valence-electron chi connectivity index (χ1n) is 7.80. The van der Waals surface area contributed by atoms with E-state index in [9.17, 15) is 4.79 Å². The number of carbonyl (C=O) groups excluding carboxylic acids is 1. The van der Waals surface area contributed by atoms with Crippen LogP contribution < -0.4 is 5.73 Å². The Balaban J connectivity index is 2.16. The highest BCUT2D eigenvalue weighted by Gasteiger charge is 2.44. The SMILES string of the molecule is NC(=O)C(c1ccccc1)(c1cccnc1)c1ccnc2ccnn12. The van der Waals surface area contributed by atoms with Gasteiger partial charge in [-0.1, -0.05) is 36.4 Å². The fourth-order valence-corrected chi connectivity index (χ4v) is 3.26. The van der Waals surface area contributed by atoms with E-state index < -0.39 is 11.3 Å². The third-order valence-corrected chi connectivity index (χ3v) is 4.35. The van der Waals surface area contributed by atoms with Crippen LogP contribution in [-0.2, 0) is 10.2 Å². The molecule has 0 saturated heterocycles. The van der Waals surface area contributed by atoms with Gasteiger partial charge in [-0.25, -0.2) is 9.50 Å². The summed E-state index contributed by atoms with van der Waals surface area (Å²) in [5, 5.41) is 4.34. The van der Waals surface area contributed by atoms with Gasteiger partial charge in [-0.15, -0.1) is 0 Å². The zero-order valence-corrected chi connectivity index (χ0v) is 13.3. The van der Waals surface area contributed by atoms with Crippen LogP contribution in [0.2, 0.25) is 0 Å². The van der Waals surface area contributed by atoms with E-state index in [1.165, 1.54) is 0 Å². The van der Waals surface area contributed by atoms with Gasteiger partial charge in [-0.2, -0.15) is 5.10 Å². The molecule has 3 aromatic heterocycles. The van der Waals surface area contributed by atoms with Crippen molar-refractivity contribution in [2.24, 2.45) is 5.73 Å². The Morgan fingerprint density at radius 3 is 2.44 bits per heavy atom. The average molecular weight is 329 g/mol. The maximum atomic E-state index is 12.9. The first-order chi connectivity index (χ1) is 12.2. The third-order valence-electron chi connectivity index (χ3n) is 4.35. The number of nitrogens with zero attached hydrogens (tertiary/aromatic N) is 4. The number of nitrogens with two attached hydrogens (primary N) is 1.